The predicted octanol–water partition coefficient (Wildman–Crippen LogP) is -0.415. The van der Waals surface area contributed by atoms with E-state index in [9.17, 15) is 19.2 Å². The van der Waals surface area contributed by atoms with Crippen molar-refractivity contribution in [3.05, 3.63) is 0 Å². The molecule has 8 heteroatoms. The predicted molar refractivity (Wildman–Crippen MR) is 68.9 cm³/mol. The molecule has 0 spiro atoms. The van der Waals surface area contributed by atoms with Crippen molar-refractivity contribution >= 4 is 23.8 Å². The molecule has 0 saturated carbocycles. The minimum atomic E-state index is -1.44. The Labute approximate surface area is 116 Å². The normalized spacial score (nSPS) is 10.1. The maximum atomic E-state index is 11.3. The molecule has 0 radical (unpaired) electrons. The minimum Gasteiger partial charge on any atom is -0.481 e. The van der Waals surface area contributed by atoms with Crippen molar-refractivity contribution in [2.24, 2.45) is 5.92 Å². The first-order valence-electron chi connectivity index (χ1n) is 6.31. The third-order valence-corrected chi connectivity index (χ3v) is 2.67. The molecular formula is C12H20N2O6. The van der Waals surface area contributed by atoms with Gasteiger partial charge in [0.15, 0.2) is 5.92 Å². The fourth-order valence-electron chi connectivity index (χ4n) is 1.51. The summed E-state index contributed by atoms with van der Waals surface area (Å²) in [5, 5.41) is 22.3. The maximum Gasteiger partial charge on any atom is 0.317 e. The lowest BCUT2D eigenvalue weighted by atomic mass is 10.0. The van der Waals surface area contributed by atoms with Crippen LogP contribution in [0.1, 0.15) is 32.1 Å². The van der Waals surface area contributed by atoms with Gasteiger partial charge < -0.3 is 20.8 Å². The third kappa shape index (κ3) is 8.06. The average molecular weight is 288 g/mol. The molecule has 0 unspecified atom stereocenters. The van der Waals surface area contributed by atoms with Gasteiger partial charge in [0.25, 0.3) is 0 Å². The van der Waals surface area contributed by atoms with Crippen LogP contribution in [0, 0.1) is 5.92 Å². The molecule has 0 aromatic carbocycles. The quantitative estimate of drug-likeness (QED) is 0.319. The van der Waals surface area contributed by atoms with E-state index in [0.717, 1.165) is 0 Å². The van der Waals surface area contributed by atoms with E-state index in [2.05, 4.69) is 10.6 Å². The van der Waals surface area contributed by atoms with Crippen LogP contribution < -0.4 is 10.6 Å². The van der Waals surface area contributed by atoms with Crippen molar-refractivity contribution in [3.8, 4) is 0 Å². The summed E-state index contributed by atoms with van der Waals surface area (Å²) in [6, 6.07) is 0. The smallest absolute Gasteiger partial charge is 0.317 e. The summed E-state index contributed by atoms with van der Waals surface area (Å²) in [6.07, 6.45) is 1.13. The number of amides is 2. The molecule has 8 nitrogen and oxygen atoms in total. The summed E-state index contributed by atoms with van der Waals surface area (Å²) in [6.45, 7) is 0.218. The minimum absolute atomic E-state index is 0.0385. The highest BCUT2D eigenvalue weighted by Gasteiger charge is 2.24. The maximum absolute atomic E-state index is 11.3. The first-order valence-corrected chi connectivity index (χ1v) is 6.31. The molecule has 0 rings (SSSR count). The Morgan fingerprint density at radius 3 is 2.00 bits per heavy atom. The monoisotopic (exact) mass is 288 g/mol. The summed E-state index contributed by atoms with van der Waals surface area (Å²) in [4.78, 5) is 43.4. The fraction of sp³-hybridized carbons (Fsp3) is 0.667. The Morgan fingerprint density at radius 1 is 0.950 bits per heavy atom. The lowest BCUT2D eigenvalue weighted by molar-refractivity contribution is -0.154. The first kappa shape index (κ1) is 17.9. The molecule has 0 aromatic rings. The average Bonchev–Trinajstić information content (AvgIpc) is 2.37. The van der Waals surface area contributed by atoms with Gasteiger partial charge in [0.1, 0.15) is 0 Å². The summed E-state index contributed by atoms with van der Waals surface area (Å²) in [5.41, 5.74) is 0. The zero-order valence-corrected chi connectivity index (χ0v) is 11.3. The molecule has 0 aromatic heterocycles. The van der Waals surface area contributed by atoms with Crippen molar-refractivity contribution < 1.29 is 29.4 Å². The van der Waals surface area contributed by atoms with Gasteiger partial charge in [-0.1, -0.05) is 0 Å². The molecule has 0 aliphatic rings. The molecule has 4 N–H and O–H groups in total. The van der Waals surface area contributed by atoms with Crippen LogP contribution in [0.15, 0.2) is 0 Å². The molecule has 0 aliphatic heterocycles. The Hall–Kier alpha value is -2.12. The van der Waals surface area contributed by atoms with Crippen molar-refractivity contribution in [3.63, 3.8) is 0 Å². The Morgan fingerprint density at radius 2 is 1.50 bits per heavy atom. The Kier molecular flexibility index (Phi) is 8.73. The highest BCUT2D eigenvalue weighted by molar-refractivity contribution is 5.92. The highest BCUT2D eigenvalue weighted by Crippen LogP contribution is 2.06. The van der Waals surface area contributed by atoms with Gasteiger partial charge in [-0.25, -0.2) is 0 Å². The number of carbonyl (C=O) groups is 4. The lowest BCUT2D eigenvalue weighted by Gasteiger charge is -2.08. The number of carbonyl (C=O) groups excluding carboxylic acids is 2. The van der Waals surface area contributed by atoms with E-state index in [-0.39, 0.29) is 44.0 Å². The van der Waals surface area contributed by atoms with Gasteiger partial charge in [-0.15, -0.1) is 0 Å². The summed E-state index contributed by atoms with van der Waals surface area (Å²) in [7, 11) is 1.52. The Balaban J connectivity index is 3.73. The van der Waals surface area contributed by atoms with E-state index < -0.39 is 17.9 Å². The van der Waals surface area contributed by atoms with Crippen molar-refractivity contribution in [1.82, 2.24) is 10.6 Å². The number of nitrogens with one attached hydrogen (secondary N) is 2. The van der Waals surface area contributed by atoms with Crippen LogP contribution in [0.4, 0.5) is 0 Å². The third-order valence-electron chi connectivity index (χ3n) is 2.67. The molecular weight excluding hydrogens is 268 g/mol. The highest BCUT2D eigenvalue weighted by atomic mass is 16.4. The van der Waals surface area contributed by atoms with Gasteiger partial charge in [-0.3, -0.25) is 19.2 Å². The van der Waals surface area contributed by atoms with Crippen LogP contribution in [0.2, 0.25) is 0 Å². The van der Waals surface area contributed by atoms with Crippen molar-refractivity contribution in [1.29, 1.82) is 0 Å². The van der Waals surface area contributed by atoms with Crippen molar-refractivity contribution in [2.45, 2.75) is 32.1 Å². The van der Waals surface area contributed by atoms with Gasteiger partial charge in [0.05, 0.1) is 0 Å². The number of hydrogen-bond donors (Lipinski definition) is 4. The number of carboxylic acids is 2. The van der Waals surface area contributed by atoms with Gasteiger partial charge >= 0.3 is 11.9 Å². The molecule has 0 bridgehead atoms. The second-order valence-corrected chi connectivity index (χ2v) is 4.25. The molecule has 0 saturated heterocycles. The Bertz CT molecular complexity index is 355. The van der Waals surface area contributed by atoms with E-state index >= 15 is 0 Å². The van der Waals surface area contributed by atoms with Crippen LogP contribution in [0.5, 0.6) is 0 Å². The SMILES string of the molecule is CNC(=O)CCCC(=O)NCCCC(C(=O)O)C(=O)O. The molecule has 114 valence electrons. The molecule has 0 fully saturated rings. The molecule has 20 heavy (non-hydrogen) atoms. The van der Waals surface area contributed by atoms with Crippen molar-refractivity contribution in [2.75, 3.05) is 13.6 Å². The largest absolute Gasteiger partial charge is 0.481 e. The van der Waals surface area contributed by atoms with Crippen LogP contribution in [0.25, 0.3) is 0 Å². The van der Waals surface area contributed by atoms with E-state index in [1.54, 1.807) is 0 Å². The standard InChI is InChI=1S/C12H20N2O6/c1-13-9(15)5-2-6-10(16)14-7-3-4-8(11(17)18)12(19)20/h8H,2-7H2,1H3,(H,13,15)(H,14,16)(H,17,18)(H,19,20). The van der Waals surface area contributed by atoms with Crippen LogP contribution in [-0.2, 0) is 19.2 Å². The van der Waals surface area contributed by atoms with Crippen LogP contribution in [0.3, 0.4) is 0 Å². The van der Waals surface area contributed by atoms with Gasteiger partial charge in [0, 0.05) is 26.4 Å². The summed E-state index contributed by atoms with van der Waals surface area (Å²) in [5.74, 6) is -4.58. The van der Waals surface area contributed by atoms with E-state index in [1.165, 1.54) is 7.05 Å². The number of carboxylic acid groups (broad SMARTS) is 2. The van der Waals surface area contributed by atoms with Crippen LogP contribution in [-0.4, -0.2) is 47.6 Å². The summed E-state index contributed by atoms with van der Waals surface area (Å²) >= 11 is 0. The van der Waals surface area contributed by atoms with E-state index in [4.69, 9.17) is 10.2 Å². The zero-order chi connectivity index (χ0) is 15.5. The van der Waals surface area contributed by atoms with E-state index in [0.29, 0.717) is 6.42 Å². The van der Waals surface area contributed by atoms with E-state index in [1.807, 2.05) is 0 Å². The fourth-order valence-corrected chi connectivity index (χ4v) is 1.51. The molecule has 2 amide bonds. The zero-order valence-electron chi connectivity index (χ0n) is 11.3. The number of hydrogen-bond acceptors (Lipinski definition) is 4. The summed E-state index contributed by atoms with van der Waals surface area (Å²) < 4.78 is 0. The first-order chi connectivity index (χ1) is 9.38. The van der Waals surface area contributed by atoms with Gasteiger partial charge in [-0.2, -0.15) is 0 Å². The van der Waals surface area contributed by atoms with Gasteiger partial charge in [0.2, 0.25) is 11.8 Å². The second-order valence-electron chi connectivity index (χ2n) is 4.25. The second kappa shape index (κ2) is 9.76. The number of rotatable bonds is 10. The van der Waals surface area contributed by atoms with Crippen LogP contribution >= 0.6 is 0 Å². The molecule has 0 heterocycles. The number of aliphatic carboxylic acids is 2. The lowest BCUT2D eigenvalue weighted by Crippen LogP contribution is -2.28. The van der Waals surface area contributed by atoms with Gasteiger partial charge in [-0.05, 0) is 19.3 Å². The molecule has 0 aliphatic carbocycles. The molecule has 0 atom stereocenters. The topological polar surface area (TPSA) is 133 Å².